The Morgan fingerprint density at radius 1 is 1.00 bits per heavy atom. The van der Waals surface area contributed by atoms with E-state index >= 15 is 0 Å². The second-order valence-corrected chi connectivity index (χ2v) is 6.20. The fourth-order valence-corrected chi connectivity index (χ4v) is 2.77. The topological polar surface area (TPSA) is 94.5 Å². The van der Waals surface area contributed by atoms with E-state index < -0.39 is 0 Å². The number of anilines is 3. The summed E-state index contributed by atoms with van der Waals surface area (Å²) in [5, 5.41) is 11.3. The molecule has 1 N–H and O–H groups in total. The third kappa shape index (κ3) is 5.01. The van der Waals surface area contributed by atoms with Crippen LogP contribution in [0.2, 0.25) is 0 Å². The van der Waals surface area contributed by atoms with Crippen LogP contribution in [-0.2, 0) is 6.42 Å². The fourth-order valence-electron chi connectivity index (χ4n) is 2.77. The van der Waals surface area contributed by atoms with Crippen LogP contribution in [0.1, 0.15) is 5.56 Å². The summed E-state index contributed by atoms with van der Waals surface area (Å²) in [7, 11) is 6.66. The highest BCUT2D eigenvalue weighted by molar-refractivity contribution is 5.65. The van der Waals surface area contributed by atoms with E-state index in [9.17, 15) is 0 Å². The van der Waals surface area contributed by atoms with E-state index in [4.69, 9.17) is 14.2 Å². The Labute approximate surface area is 169 Å². The molecule has 0 bridgehead atoms. The minimum atomic E-state index is 0.368. The lowest BCUT2D eigenvalue weighted by Gasteiger charge is -2.18. The predicted octanol–water partition coefficient (Wildman–Crippen LogP) is 2.71. The second kappa shape index (κ2) is 9.54. The highest BCUT2D eigenvalue weighted by Gasteiger charge is 2.14. The molecule has 0 radical (unpaired) electrons. The number of likely N-dealkylation sites (N-methyl/N-ethyl adjacent to an activating group) is 1. The minimum Gasteiger partial charge on any atom is -0.493 e. The number of benzene rings is 1. The van der Waals surface area contributed by atoms with E-state index in [1.54, 1.807) is 52.1 Å². The van der Waals surface area contributed by atoms with Crippen molar-refractivity contribution in [1.82, 2.24) is 20.2 Å². The van der Waals surface area contributed by atoms with E-state index in [0.717, 1.165) is 13.0 Å². The van der Waals surface area contributed by atoms with Crippen LogP contribution >= 0.6 is 0 Å². The lowest BCUT2D eigenvalue weighted by atomic mass is 10.2. The maximum atomic E-state index is 5.38. The quantitative estimate of drug-likeness (QED) is 0.586. The Balaban J connectivity index is 1.74. The molecule has 0 unspecified atom stereocenters. The molecule has 0 fully saturated rings. The van der Waals surface area contributed by atoms with Crippen molar-refractivity contribution < 1.29 is 14.2 Å². The van der Waals surface area contributed by atoms with Crippen LogP contribution in [0.4, 0.5) is 17.5 Å². The molecule has 2 heterocycles. The number of hydrogen-bond donors (Lipinski definition) is 1. The van der Waals surface area contributed by atoms with Crippen molar-refractivity contribution in [3.8, 4) is 17.2 Å². The highest BCUT2D eigenvalue weighted by Crippen LogP contribution is 2.40. The van der Waals surface area contributed by atoms with Crippen molar-refractivity contribution in [3.63, 3.8) is 0 Å². The number of nitrogens with one attached hydrogen (secondary N) is 1. The van der Waals surface area contributed by atoms with Crippen molar-refractivity contribution in [3.05, 3.63) is 48.4 Å². The summed E-state index contributed by atoms with van der Waals surface area (Å²) in [5.41, 5.74) is 1.91. The number of hydrogen-bond acceptors (Lipinski definition) is 9. The van der Waals surface area contributed by atoms with E-state index in [0.29, 0.717) is 34.7 Å². The number of rotatable bonds is 9. The molecule has 2 aromatic heterocycles. The lowest BCUT2D eigenvalue weighted by Crippen LogP contribution is -2.22. The first-order chi connectivity index (χ1) is 14.1. The third-order valence-corrected chi connectivity index (χ3v) is 4.34. The molecule has 0 spiro atoms. The van der Waals surface area contributed by atoms with E-state index in [1.807, 2.05) is 24.1 Å². The molecular formula is C20H24N6O3. The Kier molecular flexibility index (Phi) is 6.62. The van der Waals surface area contributed by atoms with Crippen molar-refractivity contribution in [2.24, 2.45) is 0 Å². The summed E-state index contributed by atoms with van der Waals surface area (Å²) in [4.78, 5) is 10.6. The zero-order valence-electron chi connectivity index (χ0n) is 16.9. The standard InChI is InChI=1S/C20H24N6O3/c1-26(10-7-14-5-8-21-9-6-14)18-13-22-25-20(24-18)23-15-11-16(27-2)19(29-4)17(12-15)28-3/h5-6,8-9,11-13H,7,10H2,1-4H3,(H,23,24,25). The Bertz CT molecular complexity index is 914. The van der Waals surface area contributed by atoms with Gasteiger partial charge in [0.15, 0.2) is 17.3 Å². The SMILES string of the molecule is COc1cc(Nc2nncc(N(C)CCc3ccncc3)n2)cc(OC)c1OC. The summed E-state index contributed by atoms with van der Waals surface area (Å²) < 4.78 is 16.1. The van der Waals surface area contributed by atoms with E-state index in [1.165, 1.54) is 5.56 Å². The zero-order valence-corrected chi connectivity index (χ0v) is 16.9. The van der Waals surface area contributed by atoms with Gasteiger partial charge in [-0.15, -0.1) is 5.10 Å². The monoisotopic (exact) mass is 396 g/mol. The molecule has 3 rings (SSSR count). The van der Waals surface area contributed by atoms with Crippen molar-refractivity contribution in [2.45, 2.75) is 6.42 Å². The van der Waals surface area contributed by atoms with Crippen LogP contribution in [-0.4, -0.2) is 55.1 Å². The molecule has 0 amide bonds. The summed E-state index contributed by atoms with van der Waals surface area (Å²) in [6.07, 6.45) is 6.09. The van der Waals surface area contributed by atoms with Crippen LogP contribution in [0.25, 0.3) is 0 Å². The van der Waals surface area contributed by atoms with Crippen LogP contribution in [0.15, 0.2) is 42.9 Å². The molecule has 3 aromatic rings. The number of nitrogens with zero attached hydrogens (tertiary/aromatic N) is 5. The Morgan fingerprint density at radius 2 is 1.69 bits per heavy atom. The first-order valence-electron chi connectivity index (χ1n) is 9.01. The number of ether oxygens (including phenoxy) is 3. The van der Waals surface area contributed by atoms with Crippen LogP contribution in [0.5, 0.6) is 17.2 Å². The molecule has 9 nitrogen and oxygen atoms in total. The van der Waals surface area contributed by atoms with Gasteiger partial charge in [0.25, 0.3) is 0 Å². The molecule has 0 aliphatic heterocycles. The van der Waals surface area contributed by atoms with Crippen LogP contribution in [0.3, 0.4) is 0 Å². The van der Waals surface area contributed by atoms with Gasteiger partial charge in [0.05, 0.1) is 27.5 Å². The van der Waals surface area contributed by atoms with Crippen molar-refractivity contribution in [2.75, 3.05) is 45.1 Å². The van der Waals surface area contributed by atoms with Gasteiger partial charge >= 0.3 is 0 Å². The normalized spacial score (nSPS) is 10.3. The third-order valence-electron chi connectivity index (χ3n) is 4.34. The highest BCUT2D eigenvalue weighted by atomic mass is 16.5. The average Bonchev–Trinajstić information content (AvgIpc) is 2.77. The minimum absolute atomic E-state index is 0.368. The summed E-state index contributed by atoms with van der Waals surface area (Å²) in [6.45, 7) is 0.784. The predicted molar refractivity (Wildman–Crippen MR) is 110 cm³/mol. The number of aromatic nitrogens is 4. The largest absolute Gasteiger partial charge is 0.493 e. The maximum absolute atomic E-state index is 5.38. The van der Waals surface area contributed by atoms with Gasteiger partial charge in [-0.25, -0.2) is 0 Å². The van der Waals surface area contributed by atoms with Gasteiger partial charge in [-0.3, -0.25) is 4.98 Å². The zero-order chi connectivity index (χ0) is 20.6. The molecule has 0 aliphatic carbocycles. The molecule has 0 aliphatic rings. The Hall–Kier alpha value is -3.62. The lowest BCUT2D eigenvalue weighted by molar-refractivity contribution is 0.324. The second-order valence-electron chi connectivity index (χ2n) is 6.20. The smallest absolute Gasteiger partial charge is 0.249 e. The van der Waals surface area contributed by atoms with E-state index in [-0.39, 0.29) is 0 Å². The number of methoxy groups -OCH3 is 3. The summed E-state index contributed by atoms with van der Waals surface area (Å²) in [5.74, 6) is 2.67. The van der Waals surface area contributed by atoms with Gasteiger partial charge in [-0.2, -0.15) is 10.1 Å². The van der Waals surface area contributed by atoms with Crippen LogP contribution < -0.4 is 24.4 Å². The molecule has 152 valence electrons. The first-order valence-corrected chi connectivity index (χ1v) is 9.01. The maximum Gasteiger partial charge on any atom is 0.249 e. The molecule has 1 aromatic carbocycles. The van der Waals surface area contributed by atoms with Gasteiger partial charge in [0.2, 0.25) is 11.7 Å². The molecule has 0 saturated carbocycles. The molecule has 0 atom stereocenters. The summed E-state index contributed by atoms with van der Waals surface area (Å²) in [6, 6.07) is 7.57. The molecule has 9 heteroatoms. The molecular weight excluding hydrogens is 372 g/mol. The van der Waals surface area contributed by atoms with Gasteiger partial charge in [-0.1, -0.05) is 0 Å². The molecule has 29 heavy (non-hydrogen) atoms. The van der Waals surface area contributed by atoms with Gasteiger partial charge in [0.1, 0.15) is 0 Å². The summed E-state index contributed by atoms with van der Waals surface area (Å²) >= 11 is 0. The fraction of sp³-hybridized carbons (Fsp3) is 0.300. The van der Waals surface area contributed by atoms with Gasteiger partial charge < -0.3 is 24.4 Å². The van der Waals surface area contributed by atoms with E-state index in [2.05, 4.69) is 25.5 Å². The Morgan fingerprint density at radius 3 is 2.31 bits per heavy atom. The van der Waals surface area contributed by atoms with Gasteiger partial charge in [-0.05, 0) is 24.1 Å². The van der Waals surface area contributed by atoms with Crippen LogP contribution in [0, 0.1) is 0 Å². The number of pyridine rings is 1. The van der Waals surface area contributed by atoms with Crippen molar-refractivity contribution in [1.29, 1.82) is 0 Å². The first kappa shape index (κ1) is 20.1. The van der Waals surface area contributed by atoms with Gasteiger partial charge in [0, 0.05) is 43.8 Å². The average molecular weight is 396 g/mol. The van der Waals surface area contributed by atoms with Crippen molar-refractivity contribution >= 4 is 17.5 Å². The molecule has 0 saturated heterocycles.